The molecule has 0 bridgehead atoms. The molecule has 0 unspecified atom stereocenters. The zero-order valence-electron chi connectivity index (χ0n) is 10.7. The number of nitrogens with one attached hydrogen (secondary N) is 1. The number of aliphatic hydroxyl groups is 1. The van der Waals surface area contributed by atoms with E-state index in [0.717, 1.165) is 6.42 Å². The molecule has 0 aliphatic heterocycles. The molecule has 96 valence electrons. The maximum atomic E-state index is 9.17. The van der Waals surface area contributed by atoms with Gasteiger partial charge in [-0.2, -0.15) is 0 Å². The number of aryl methyl sites for hydroxylation is 1. The van der Waals surface area contributed by atoms with Crippen LogP contribution in [0.3, 0.4) is 0 Å². The van der Waals surface area contributed by atoms with Crippen LogP contribution in [0, 0.1) is 5.92 Å². The van der Waals surface area contributed by atoms with E-state index < -0.39 is 0 Å². The van der Waals surface area contributed by atoms with E-state index in [9.17, 15) is 0 Å². The molecule has 2 N–H and O–H groups in total. The minimum absolute atomic E-state index is 0.274. The van der Waals surface area contributed by atoms with Gasteiger partial charge in [-0.05, 0) is 36.8 Å². The smallest absolute Gasteiger partial charge is 0.0494 e. The van der Waals surface area contributed by atoms with Crippen molar-refractivity contribution in [2.75, 3.05) is 6.61 Å². The van der Waals surface area contributed by atoms with Gasteiger partial charge in [-0.25, -0.2) is 0 Å². The van der Waals surface area contributed by atoms with Crippen molar-refractivity contribution < 1.29 is 5.11 Å². The summed E-state index contributed by atoms with van der Waals surface area (Å²) in [6.45, 7) is 0.274. The lowest BCUT2D eigenvalue weighted by atomic mass is 9.87. The lowest BCUT2D eigenvalue weighted by Gasteiger charge is -2.29. The second kappa shape index (κ2) is 5.25. The summed E-state index contributed by atoms with van der Waals surface area (Å²) in [4.78, 5) is 0. The van der Waals surface area contributed by atoms with Crippen LogP contribution in [0.25, 0.3) is 0 Å². The predicted molar refractivity (Wildman–Crippen MR) is 73.4 cm³/mol. The first kappa shape index (κ1) is 11.9. The fourth-order valence-electron chi connectivity index (χ4n) is 3.22. The number of hydrogen-bond acceptors (Lipinski definition) is 2. The molecule has 18 heavy (non-hydrogen) atoms. The van der Waals surface area contributed by atoms with Gasteiger partial charge in [0.1, 0.15) is 0 Å². The van der Waals surface area contributed by atoms with E-state index in [1.807, 2.05) is 0 Å². The summed E-state index contributed by atoms with van der Waals surface area (Å²) in [7, 11) is 0. The van der Waals surface area contributed by atoms with Gasteiger partial charge in [-0.3, -0.25) is 0 Å². The average Bonchev–Trinajstić information content (AvgIpc) is 2.87. The molecule has 0 radical (unpaired) electrons. The van der Waals surface area contributed by atoms with Crippen LogP contribution < -0.4 is 5.32 Å². The standard InChI is InChI=1S/C16H21NO/c18-11-12-8-9-14(10-12)17-16-7-3-5-13-4-1-2-6-15(13)16/h1-2,4,6,8-9,12,14,16-18H,3,5,7,10-11H2/t12-,14+,16+/m0/s1. The van der Waals surface area contributed by atoms with Gasteiger partial charge in [0, 0.05) is 24.6 Å². The van der Waals surface area contributed by atoms with Gasteiger partial charge in [0.25, 0.3) is 0 Å². The summed E-state index contributed by atoms with van der Waals surface area (Å²) >= 11 is 0. The van der Waals surface area contributed by atoms with Crippen LogP contribution in [0.15, 0.2) is 36.4 Å². The second-order valence-corrected chi connectivity index (χ2v) is 5.48. The minimum atomic E-state index is 0.274. The van der Waals surface area contributed by atoms with Gasteiger partial charge in [-0.15, -0.1) is 0 Å². The number of hydrogen-bond donors (Lipinski definition) is 2. The van der Waals surface area contributed by atoms with Crippen molar-refractivity contribution in [3.63, 3.8) is 0 Å². The Morgan fingerprint density at radius 1 is 1.22 bits per heavy atom. The van der Waals surface area contributed by atoms with E-state index in [1.165, 1.54) is 30.4 Å². The molecule has 0 heterocycles. The third-order valence-corrected chi connectivity index (χ3v) is 4.19. The molecule has 0 saturated carbocycles. The molecule has 0 aromatic heterocycles. The van der Waals surface area contributed by atoms with Crippen LogP contribution >= 0.6 is 0 Å². The van der Waals surface area contributed by atoms with Crippen LogP contribution in [0.4, 0.5) is 0 Å². The first-order valence-corrected chi connectivity index (χ1v) is 7.00. The summed E-state index contributed by atoms with van der Waals surface area (Å²) in [6, 6.07) is 9.71. The lowest BCUT2D eigenvalue weighted by molar-refractivity contribution is 0.244. The fourth-order valence-corrected chi connectivity index (χ4v) is 3.22. The van der Waals surface area contributed by atoms with Gasteiger partial charge in [0.05, 0.1) is 0 Å². The highest BCUT2D eigenvalue weighted by Crippen LogP contribution is 2.31. The zero-order chi connectivity index (χ0) is 12.4. The summed E-state index contributed by atoms with van der Waals surface area (Å²) in [5.41, 5.74) is 2.98. The topological polar surface area (TPSA) is 32.3 Å². The molecule has 2 aliphatic rings. The van der Waals surface area contributed by atoms with Crippen LogP contribution in [0.2, 0.25) is 0 Å². The Kier molecular flexibility index (Phi) is 3.48. The highest BCUT2D eigenvalue weighted by atomic mass is 16.3. The van der Waals surface area contributed by atoms with E-state index in [0.29, 0.717) is 18.0 Å². The summed E-state index contributed by atoms with van der Waals surface area (Å²) in [5, 5.41) is 12.9. The van der Waals surface area contributed by atoms with Crippen LogP contribution in [0.5, 0.6) is 0 Å². The van der Waals surface area contributed by atoms with Crippen molar-refractivity contribution in [2.45, 2.75) is 37.8 Å². The van der Waals surface area contributed by atoms with Crippen molar-refractivity contribution >= 4 is 0 Å². The fraction of sp³-hybridized carbons (Fsp3) is 0.500. The third kappa shape index (κ3) is 2.36. The third-order valence-electron chi connectivity index (χ3n) is 4.19. The molecule has 0 spiro atoms. The monoisotopic (exact) mass is 243 g/mol. The molecule has 2 aliphatic carbocycles. The number of fused-ring (bicyclic) bond motifs is 1. The lowest BCUT2D eigenvalue weighted by Crippen LogP contribution is -2.33. The van der Waals surface area contributed by atoms with E-state index in [-0.39, 0.29) is 6.61 Å². The first-order chi connectivity index (χ1) is 8.86. The van der Waals surface area contributed by atoms with Gasteiger partial charge >= 0.3 is 0 Å². The Morgan fingerprint density at radius 2 is 2.11 bits per heavy atom. The molecule has 2 heteroatoms. The van der Waals surface area contributed by atoms with Crippen molar-refractivity contribution in [1.29, 1.82) is 0 Å². The summed E-state index contributed by atoms with van der Waals surface area (Å²) < 4.78 is 0. The molecule has 1 aromatic carbocycles. The van der Waals surface area contributed by atoms with Gasteiger partial charge in [0.15, 0.2) is 0 Å². The first-order valence-electron chi connectivity index (χ1n) is 7.00. The van der Waals surface area contributed by atoms with E-state index >= 15 is 0 Å². The quantitative estimate of drug-likeness (QED) is 0.800. The van der Waals surface area contributed by atoms with Gasteiger partial charge in [-0.1, -0.05) is 36.4 Å². The van der Waals surface area contributed by atoms with Crippen LogP contribution in [-0.2, 0) is 6.42 Å². The van der Waals surface area contributed by atoms with Gasteiger partial charge in [0.2, 0.25) is 0 Å². The Balaban J connectivity index is 1.70. The Morgan fingerprint density at radius 3 is 2.94 bits per heavy atom. The van der Waals surface area contributed by atoms with Crippen molar-refractivity contribution in [3.05, 3.63) is 47.5 Å². The molecule has 1 aromatic rings. The van der Waals surface area contributed by atoms with Crippen LogP contribution in [0.1, 0.15) is 36.4 Å². The van der Waals surface area contributed by atoms with E-state index in [1.54, 1.807) is 0 Å². The Hall–Kier alpha value is -1.12. The van der Waals surface area contributed by atoms with Gasteiger partial charge < -0.3 is 10.4 Å². The van der Waals surface area contributed by atoms with Crippen molar-refractivity contribution in [1.82, 2.24) is 5.32 Å². The molecular formula is C16H21NO. The number of aliphatic hydroxyl groups excluding tert-OH is 1. The minimum Gasteiger partial charge on any atom is -0.396 e. The predicted octanol–water partition coefficient (Wildman–Crippen LogP) is 2.59. The van der Waals surface area contributed by atoms with Crippen LogP contribution in [-0.4, -0.2) is 17.8 Å². The zero-order valence-corrected chi connectivity index (χ0v) is 10.7. The highest BCUT2D eigenvalue weighted by Gasteiger charge is 2.24. The molecule has 3 rings (SSSR count). The maximum absolute atomic E-state index is 9.17. The summed E-state index contributed by atoms with van der Waals surface area (Å²) in [6.07, 6.45) is 9.12. The molecular weight excluding hydrogens is 222 g/mol. The Labute approximate surface area is 109 Å². The number of rotatable bonds is 3. The Bertz CT molecular complexity index is 440. The van der Waals surface area contributed by atoms with Crippen molar-refractivity contribution in [3.8, 4) is 0 Å². The van der Waals surface area contributed by atoms with E-state index in [4.69, 9.17) is 5.11 Å². The van der Waals surface area contributed by atoms with Crippen molar-refractivity contribution in [2.24, 2.45) is 5.92 Å². The molecule has 3 atom stereocenters. The molecule has 0 saturated heterocycles. The maximum Gasteiger partial charge on any atom is 0.0494 e. The highest BCUT2D eigenvalue weighted by molar-refractivity contribution is 5.32. The SMILES string of the molecule is OC[C@H]1C=C[C@@H](N[C@@H]2CCCc3ccccc32)C1. The van der Waals surface area contributed by atoms with E-state index in [2.05, 4.69) is 41.7 Å². The average molecular weight is 243 g/mol. The number of benzene rings is 1. The summed E-state index contributed by atoms with van der Waals surface area (Å²) in [5.74, 6) is 0.348. The molecule has 0 fully saturated rings. The largest absolute Gasteiger partial charge is 0.396 e. The normalized spacial score (nSPS) is 30.4. The second-order valence-electron chi connectivity index (χ2n) is 5.48. The molecule has 2 nitrogen and oxygen atoms in total. The molecule has 0 amide bonds.